The highest BCUT2D eigenvalue weighted by atomic mass is 16.1. The molecule has 0 spiro atoms. The Kier molecular flexibility index (Phi) is 4.83. The second kappa shape index (κ2) is 7.21. The molecule has 1 amide bonds. The fourth-order valence-corrected chi connectivity index (χ4v) is 2.64. The van der Waals surface area contributed by atoms with Gasteiger partial charge in [-0.3, -0.25) is 14.9 Å². The molecule has 0 radical (unpaired) electrons. The van der Waals surface area contributed by atoms with Gasteiger partial charge in [-0.1, -0.05) is 12.1 Å². The summed E-state index contributed by atoms with van der Waals surface area (Å²) in [4.78, 5) is 39.6. The summed E-state index contributed by atoms with van der Waals surface area (Å²) in [6.07, 6.45) is 1.38. The van der Waals surface area contributed by atoms with E-state index in [4.69, 9.17) is 0 Å². The lowest BCUT2D eigenvalue weighted by Gasteiger charge is -2.06. The van der Waals surface area contributed by atoms with Gasteiger partial charge in [0.15, 0.2) is 0 Å². The first-order chi connectivity index (χ1) is 12.0. The van der Waals surface area contributed by atoms with Crippen molar-refractivity contribution in [2.75, 3.05) is 5.32 Å². The van der Waals surface area contributed by atoms with Crippen LogP contribution in [0.4, 0.5) is 5.95 Å². The number of H-pyrrole nitrogens is 1. The van der Waals surface area contributed by atoms with Gasteiger partial charge in [-0.15, -0.1) is 0 Å². The van der Waals surface area contributed by atoms with E-state index in [2.05, 4.69) is 25.3 Å². The van der Waals surface area contributed by atoms with Gasteiger partial charge in [0.2, 0.25) is 11.9 Å². The number of hydrogen-bond acceptors (Lipinski definition) is 5. The second-order valence-corrected chi connectivity index (χ2v) is 5.91. The van der Waals surface area contributed by atoms with E-state index in [0.717, 1.165) is 11.4 Å². The number of carbonyl (C=O) groups excluding carboxylic acids is 1. The predicted octanol–water partition coefficient (Wildman–Crippen LogP) is 2.29. The van der Waals surface area contributed by atoms with Gasteiger partial charge in [-0.2, -0.15) is 0 Å². The number of amides is 1. The summed E-state index contributed by atoms with van der Waals surface area (Å²) in [5, 5.41) is 3.26. The van der Waals surface area contributed by atoms with Crippen molar-refractivity contribution in [3.8, 4) is 0 Å². The summed E-state index contributed by atoms with van der Waals surface area (Å²) in [6, 6.07) is 9.03. The van der Waals surface area contributed by atoms with Crippen LogP contribution in [-0.4, -0.2) is 25.8 Å². The van der Waals surface area contributed by atoms with Gasteiger partial charge in [-0.05, 0) is 38.5 Å². The van der Waals surface area contributed by atoms with Crippen LogP contribution in [-0.2, 0) is 11.2 Å². The average Bonchev–Trinajstić information content (AvgIpc) is 2.54. The molecule has 3 rings (SSSR count). The number of fused-ring (bicyclic) bond motifs is 1. The summed E-state index contributed by atoms with van der Waals surface area (Å²) >= 11 is 0. The summed E-state index contributed by atoms with van der Waals surface area (Å²) < 4.78 is 0. The third kappa shape index (κ3) is 4.26. The number of para-hydroxylation sites is 1. The van der Waals surface area contributed by atoms with Crippen LogP contribution < -0.4 is 10.9 Å². The van der Waals surface area contributed by atoms with Crippen molar-refractivity contribution in [2.24, 2.45) is 0 Å². The molecule has 0 aliphatic carbocycles. The molecule has 2 N–H and O–H groups in total. The minimum absolute atomic E-state index is 0.159. The van der Waals surface area contributed by atoms with Crippen LogP contribution in [0.2, 0.25) is 0 Å². The maximum Gasteiger partial charge on any atom is 0.258 e. The monoisotopic (exact) mass is 337 g/mol. The Morgan fingerprint density at radius 1 is 1.12 bits per heavy atom. The third-order valence-electron chi connectivity index (χ3n) is 3.71. The molecule has 1 aromatic carbocycles. The van der Waals surface area contributed by atoms with Crippen molar-refractivity contribution in [2.45, 2.75) is 33.1 Å². The van der Waals surface area contributed by atoms with Gasteiger partial charge in [0.25, 0.3) is 5.56 Å². The molecule has 0 saturated heterocycles. The van der Waals surface area contributed by atoms with Crippen molar-refractivity contribution in [3.05, 3.63) is 57.9 Å². The first-order valence-corrected chi connectivity index (χ1v) is 8.11. The maximum absolute atomic E-state index is 12.0. The van der Waals surface area contributed by atoms with Crippen LogP contribution in [0.5, 0.6) is 0 Å². The Labute approximate surface area is 144 Å². The van der Waals surface area contributed by atoms with Crippen LogP contribution in [0, 0.1) is 13.8 Å². The second-order valence-electron chi connectivity index (χ2n) is 5.91. The average molecular weight is 337 g/mol. The fourth-order valence-electron chi connectivity index (χ4n) is 2.64. The summed E-state index contributed by atoms with van der Waals surface area (Å²) in [5.41, 5.74) is 2.12. The molecule has 2 aromatic heterocycles. The van der Waals surface area contributed by atoms with Crippen molar-refractivity contribution < 1.29 is 4.79 Å². The zero-order valence-corrected chi connectivity index (χ0v) is 14.2. The SMILES string of the molecule is Cc1cc(C)nc(NC(=O)CCCc2nc3ccccc3c(=O)[nH]2)n1. The Bertz CT molecular complexity index is 960. The van der Waals surface area contributed by atoms with E-state index in [9.17, 15) is 9.59 Å². The highest BCUT2D eigenvalue weighted by molar-refractivity contribution is 5.88. The van der Waals surface area contributed by atoms with E-state index in [1.807, 2.05) is 26.0 Å². The lowest BCUT2D eigenvalue weighted by Crippen LogP contribution is -2.16. The van der Waals surface area contributed by atoms with Gasteiger partial charge >= 0.3 is 0 Å². The molecule has 128 valence electrons. The summed E-state index contributed by atoms with van der Waals surface area (Å²) in [6.45, 7) is 3.71. The quantitative estimate of drug-likeness (QED) is 0.744. The maximum atomic E-state index is 12.0. The standard InChI is InChI=1S/C18H19N5O2/c1-11-10-12(2)20-18(19-11)23-16(24)9-5-8-15-21-14-7-4-3-6-13(14)17(25)22-15/h3-4,6-7,10H,5,8-9H2,1-2H3,(H,21,22,25)(H,19,20,23,24). The van der Waals surface area contributed by atoms with E-state index in [0.29, 0.717) is 41.9 Å². The van der Waals surface area contributed by atoms with E-state index in [1.165, 1.54) is 0 Å². The van der Waals surface area contributed by atoms with Gasteiger partial charge in [0.1, 0.15) is 5.82 Å². The zero-order chi connectivity index (χ0) is 17.8. The number of nitrogens with one attached hydrogen (secondary N) is 2. The normalized spacial score (nSPS) is 10.8. The number of rotatable bonds is 5. The molecule has 0 saturated carbocycles. The Balaban J connectivity index is 1.59. The number of aromatic amines is 1. The van der Waals surface area contributed by atoms with Crippen molar-refractivity contribution in [1.82, 2.24) is 19.9 Å². The number of benzene rings is 1. The Morgan fingerprint density at radius 2 is 1.84 bits per heavy atom. The number of aryl methyl sites for hydroxylation is 3. The number of aromatic nitrogens is 4. The molecule has 0 unspecified atom stereocenters. The molecular formula is C18H19N5O2. The molecule has 0 aliphatic rings. The van der Waals surface area contributed by atoms with Crippen LogP contribution in [0.3, 0.4) is 0 Å². The first-order valence-electron chi connectivity index (χ1n) is 8.11. The lowest BCUT2D eigenvalue weighted by molar-refractivity contribution is -0.116. The lowest BCUT2D eigenvalue weighted by atomic mass is 10.2. The molecule has 2 heterocycles. The van der Waals surface area contributed by atoms with E-state index in [1.54, 1.807) is 18.2 Å². The molecule has 3 aromatic rings. The molecule has 7 heteroatoms. The topological polar surface area (TPSA) is 101 Å². The minimum atomic E-state index is -0.159. The van der Waals surface area contributed by atoms with E-state index >= 15 is 0 Å². The van der Waals surface area contributed by atoms with Gasteiger partial charge in [-0.25, -0.2) is 15.0 Å². The largest absolute Gasteiger partial charge is 0.310 e. The molecular weight excluding hydrogens is 318 g/mol. The Morgan fingerprint density at radius 3 is 2.60 bits per heavy atom. The first kappa shape index (κ1) is 16.8. The zero-order valence-electron chi connectivity index (χ0n) is 14.2. The van der Waals surface area contributed by atoms with Crippen LogP contribution in [0.15, 0.2) is 35.1 Å². The number of carbonyl (C=O) groups is 1. The summed E-state index contributed by atoms with van der Waals surface area (Å²) in [7, 11) is 0. The third-order valence-corrected chi connectivity index (χ3v) is 3.71. The minimum Gasteiger partial charge on any atom is -0.310 e. The predicted molar refractivity (Wildman–Crippen MR) is 95.4 cm³/mol. The molecule has 0 atom stereocenters. The van der Waals surface area contributed by atoms with E-state index < -0.39 is 0 Å². The fraction of sp³-hybridized carbons (Fsp3) is 0.278. The molecule has 25 heavy (non-hydrogen) atoms. The summed E-state index contributed by atoms with van der Waals surface area (Å²) in [5.74, 6) is 0.743. The van der Waals surface area contributed by atoms with Crippen molar-refractivity contribution in [1.29, 1.82) is 0 Å². The number of nitrogens with zero attached hydrogens (tertiary/aromatic N) is 3. The number of hydrogen-bond donors (Lipinski definition) is 2. The van der Waals surface area contributed by atoms with Crippen molar-refractivity contribution in [3.63, 3.8) is 0 Å². The van der Waals surface area contributed by atoms with Crippen LogP contribution >= 0.6 is 0 Å². The van der Waals surface area contributed by atoms with Gasteiger partial charge < -0.3 is 4.98 Å². The van der Waals surface area contributed by atoms with Crippen LogP contribution in [0.1, 0.15) is 30.1 Å². The highest BCUT2D eigenvalue weighted by Crippen LogP contribution is 2.08. The van der Waals surface area contributed by atoms with Crippen LogP contribution in [0.25, 0.3) is 10.9 Å². The Hall–Kier alpha value is -3.09. The smallest absolute Gasteiger partial charge is 0.258 e. The van der Waals surface area contributed by atoms with Gasteiger partial charge in [0, 0.05) is 24.2 Å². The molecule has 7 nitrogen and oxygen atoms in total. The van der Waals surface area contributed by atoms with E-state index in [-0.39, 0.29) is 11.5 Å². The molecule has 0 bridgehead atoms. The molecule has 0 fully saturated rings. The highest BCUT2D eigenvalue weighted by Gasteiger charge is 2.08. The number of anilines is 1. The van der Waals surface area contributed by atoms with Gasteiger partial charge in [0.05, 0.1) is 10.9 Å². The van der Waals surface area contributed by atoms with Crippen molar-refractivity contribution >= 4 is 22.8 Å². The molecule has 0 aliphatic heterocycles.